The third-order valence-electron chi connectivity index (χ3n) is 3.16. The zero-order valence-electron chi connectivity index (χ0n) is 12.3. The highest BCUT2D eigenvalue weighted by molar-refractivity contribution is 7.09. The molecule has 0 saturated carbocycles. The summed E-state index contributed by atoms with van der Waals surface area (Å²) in [7, 11) is 2.25. The van der Waals surface area contributed by atoms with Crippen LogP contribution in [0.4, 0.5) is 0 Å². The molecule has 18 heavy (non-hydrogen) atoms. The van der Waals surface area contributed by atoms with Crippen LogP contribution in [0.1, 0.15) is 38.5 Å². The van der Waals surface area contributed by atoms with Crippen LogP contribution >= 0.6 is 11.3 Å². The van der Waals surface area contributed by atoms with Crippen molar-refractivity contribution in [1.82, 2.24) is 10.2 Å². The molecule has 0 radical (unpaired) electrons. The van der Waals surface area contributed by atoms with Gasteiger partial charge in [0.25, 0.3) is 0 Å². The van der Waals surface area contributed by atoms with Gasteiger partial charge in [-0.25, -0.2) is 0 Å². The van der Waals surface area contributed by atoms with Crippen molar-refractivity contribution in [3.63, 3.8) is 0 Å². The minimum absolute atomic E-state index is 0.649. The van der Waals surface area contributed by atoms with Crippen LogP contribution in [0.5, 0.6) is 0 Å². The van der Waals surface area contributed by atoms with Gasteiger partial charge in [-0.05, 0) is 37.4 Å². The Morgan fingerprint density at radius 1 is 1.33 bits per heavy atom. The van der Waals surface area contributed by atoms with Crippen molar-refractivity contribution in [2.24, 2.45) is 5.92 Å². The average Bonchev–Trinajstić information content (AvgIpc) is 2.80. The third kappa shape index (κ3) is 5.98. The molecule has 104 valence electrons. The lowest BCUT2D eigenvalue weighted by molar-refractivity contribution is 0.215. The van der Waals surface area contributed by atoms with Gasteiger partial charge in [0.1, 0.15) is 0 Å². The normalized spacial score (nSPS) is 13.4. The van der Waals surface area contributed by atoms with Crippen LogP contribution in [0, 0.1) is 5.92 Å². The van der Waals surface area contributed by atoms with Gasteiger partial charge >= 0.3 is 0 Å². The standard InChI is InChI=1S/C15H28N2S/c1-5-7-14(11-16-10-13(2)3)17(4)12-15-8-6-9-18-15/h6,8-9,13-14,16H,5,7,10-12H2,1-4H3. The average molecular weight is 268 g/mol. The molecule has 0 saturated heterocycles. The molecule has 0 aliphatic carbocycles. The molecule has 1 heterocycles. The molecule has 0 fully saturated rings. The fourth-order valence-corrected chi connectivity index (χ4v) is 2.89. The van der Waals surface area contributed by atoms with Crippen LogP contribution < -0.4 is 5.32 Å². The van der Waals surface area contributed by atoms with E-state index < -0.39 is 0 Å². The SMILES string of the molecule is CCCC(CNCC(C)C)N(C)Cc1cccs1. The van der Waals surface area contributed by atoms with Gasteiger partial charge in [-0.2, -0.15) is 0 Å². The molecule has 1 N–H and O–H groups in total. The van der Waals surface area contributed by atoms with E-state index in [1.165, 1.54) is 17.7 Å². The summed E-state index contributed by atoms with van der Waals surface area (Å²) in [6.07, 6.45) is 2.52. The van der Waals surface area contributed by atoms with Crippen molar-refractivity contribution in [3.05, 3.63) is 22.4 Å². The summed E-state index contributed by atoms with van der Waals surface area (Å²) >= 11 is 1.85. The molecule has 1 unspecified atom stereocenters. The smallest absolute Gasteiger partial charge is 0.0328 e. The van der Waals surface area contributed by atoms with E-state index in [1.807, 2.05) is 11.3 Å². The van der Waals surface area contributed by atoms with E-state index >= 15 is 0 Å². The minimum Gasteiger partial charge on any atom is -0.315 e. The molecule has 0 bridgehead atoms. The first-order valence-electron chi connectivity index (χ1n) is 7.06. The summed E-state index contributed by atoms with van der Waals surface area (Å²) in [4.78, 5) is 3.95. The monoisotopic (exact) mass is 268 g/mol. The van der Waals surface area contributed by atoms with Crippen molar-refractivity contribution in [1.29, 1.82) is 0 Å². The molecule has 1 atom stereocenters. The minimum atomic E-state index is 0.649. The molecule has 2 nitrogen and oxygen atoms in total. The number of thiophene rings is 1. The second kappa shape index (κ2) is 8.68. The van der Waals surface area contributed by atoms with E-state index in [0.717, 1.165) is 25.6 Å². The Morgan fingerprint density at radius 2 is 2.11 bits per heavy atom. The van der Waals surface area contributed by atoms with Gasteiger partial charge < -0.3 is 5.32 Å². The highest BCUT2D eigenvalue weighted by Gasteiger charge is 2.14. The second-order valence-corrected chi connectivity index (χ2v) is 6.52. The lowest BCUT2D eigenvalue weighted by Gasteiger charge is -2.28. The van der Waals surface area contributed by atoms with E-state index in [1.54, 1.807) is 0 Å². The van der Waals surface area contributed by atoms with E-state index in [-0.39, 0.29) is 0 Å². The topological polar surface area (TPSA) is 15.3 Å². The summed E-state index contributed by atoms with van der Waals surface area (Å²) in [5.41, 5.74) is 0. The number of hydrogen-bond acceptors (Lipinski definition) is 3. The van der Waals surface area contributed by atoms with Crippen molar-refractivity contribution < 1.29 is 0 Å². The van der Waals surface area contributed by atoms with Crippen LogP contribution in [0.25, 0.3) is 0 Å². The predicted octanol–water partition coefficient (Wildman–Crippen LogP) is 3.59. The molecule has 1 aromatic rings. The van der Waals surface area contributed by atoms with E-state index in [2.05, 4.69) is 55.5 Å². The van der Waals surface area contributed by atoms with E-state index in [0.29, 0.717) is 6.04 Å². The van der Waals surface area contributed by atoms with Gasteiger partial charge in [-0.15, -0.1) is 11.3 Å². The highest BCUT2D eigenvalue weighted by atomic mass is 32.1. The van der Waals surface area contributed by atoms with Gasteiger partial charge in [0.2, 0.25) is 0 Å². The van der Waals surface area contributed by atoms with Crippen LogP contribution in [-0.4, -0.2) is 31.1 Å². The first-order valence-corrected chi connectivity index (χ1v) is 7.94. The summed E-state index contributed by atoms with van der Waals surface area (Å²) in [6, 6.07) is 5.02. The molecular formula is C15H28N2S. The maximum Gasteiger partial charge on any atom is 0.0328 e. The summed E-state index contributed by atoms with van der Waals surface area (Å²) in [5.74, 6) is 0.731. The fourth-order valence-electron chi connectivity index (χ4n) is 2.13. The molecule has 0 spiro atoms. The lowest BCUT2D eigenvalue weighted by Crippen LogP contribution is -2.40. The van der Waals surface area contributed by atoms with Gasteiger partial charge in [0, 0.05) is 24.0 Å². The maximum absolute atomic E-state index is 3.59. The summed E-state index contributed by atoms with van der Waals surface area (Å²) in [6.45, 7) is 10.1. The fraction of sp³-hybridized carbons (Fsp3) is 0.733. The van der Waals surface area contributed by atoms with E-state index in [4.69, 9.17) is 0 Å². The van der Waals surface area contributed by atoms with Crippen LogP contribution in [0.15, 0.2) is 17.5 Å². The number of hydrogen-bond donors (Lipinski definition) is 1. The Hall–Kier alpha value is -0.380. The largest absolute Gasteiger partial charge is 0.315 e. The number of likely N-dealkylation sites (N-methyl/N-ethyl adjacent to an activating group) is 1. The summed E-state index contributed by atoms with van der Waals surface area (Å²) in [5, 5.41) is 5.75. The zero-order chi connectivity index (χ0) is 13.4. The van der Waals surface area contributed by atoms with Crippen molar-refractivity contribution in [3.8, 4) is 0 Å². The Morgan fingerprint density at radius 3 is 2.67 bits per heavy atom. The van der Waals surface area contributed by atoms with Crippen LogP contribution in [0.3, 0.4) is 0 Å². The molecule has 0 amide bonds. The Bertz CT molecular complexity index is 295. The van der Waals surface area contributed by atoms with Gasteiger partial charge in [0.15, 0.2) is 0 Å². The highest BCUT2D eigenvalue weighted by Crippen LogP contribution is 2.14. The van der Waals surface area contributed by atoms with E-state index in [9.17, 15) is 0 Å². The third-order valence-corrected chi connectivity index (χ3v) is 4.02. The Labute approximate surface area is 116 Å². The quantitative estimate of drug-likeness (QED) is 0.736. The Balaban J connectivity index is 2.39. The molecule has 3 heteroatoms. The molecule has 0 aromatic carbocycles. The first kappa shape index (κ1) is 15.7. The van der Waals surface area contributed by atoms with Gasteiger partial charge in [-0.3, -0.25) is 4.90 Å². The van der Waals surface area contributed by atoms with Crippen molar-refractivity contribution in [2.45, 2.75) is 46.2 Å². The van der Waals surface area contributed by atoms with Crippen LogP contribution in [-0.2, 0) is 6.54 Å². The summed E-state index contributed by atoms with van der Waals surface area (Å²) < 4.78 is 0. The number of nitrogens with zero attached hydrogens (tertiary/aromatic N) is 1. The maximum atomic E-state index is 3.59. The molecule has 0 aliphatic rings. The first-order chi connectivity index (χ1) is 8.63. The molecule has 1 aromatic heterocycles. The number of nitrogens with one attached hydrogen (secondary N) is 1. The molecule has 1 rings (SSSR count). The van der Waals surface area contributed by atoms with Crippen molar-refractivity contribution in [2.75, 3.05) is 20.1 Å². The predicted molar refractivity (Wildman–Crippen MR) is 82.2 cm³/mol. The van der Waals surface area contributed by atoms with Gasteiger partial charge in [-0.1, -0.05) is 33.3 Å². The lowest BCUT2D eigenvalue weighted by atomic mass is 10.1. The van der Waals surface area contributed by atoms with Crippen LogP contribution in [0.2, 0.25) is 0 Å². The second-order valence-electron chi connectivity index (χ2n) is 5.49. The number of rotatable bonds is 9. The molecule has 0 aliphatic heterocycles. The van der Waals surface area contributed by atoms with Crippen molar-refractivity contribution >= 4 is 11.3 Å². The molecular weight excluding hydrogens is 240 g/mol. The Kier molecular flexibility index (Phi) is 7.56. The zero-order valence-corrected chi connectivity index (χ0v) is 13.1. The van der Waals surface area contributed by atoms with Gasteiger partial charge in [0.05, 0.1) is 0 Å².